The lowest BCUT2D eigenvalue weighted by atomic mass is 10.1. The Morgan fingerprint density at radius 2 is 1.56 bits per heavy atom. The van der Waals surface area contributed by atoms with E-state index in [1.54, 1.807) is 6.20 Å². The second kappa shape index (κ2) is 8.55. The number of hydrogen-bond donors (Lipinski definition) is 1. The van der Waals surface area contributed by atoms with Gasteiger partial charge in [-0.15, -0.1) is 0 Å². The Hall–Kier alpha value is -3.27. The SMILES string of the molecule is O=C(CCc1ccccc1)NN=C(c1ccccc1)c1ccccn1. The van der Waals surface area contributed by atoms with Crippen molar-refractivity contribution in [3.8, 4) is 0 Å². The summed E-state index contributed by atoms with van der Waals surface area (Å²) in [5, 5.41) is 4.33. The maximum absolute atomic E-state index is 12.1. The van der Waals surface area contributed by atoms with Crippen LogP contribution in [-0.4, -0.2) is 16.6 Å². The van der Waals surface area contributed by atoms with Crippen molar-refractivity contribution < 1.29 is 4.79 Å². The Morgan fingerprint density at radius 3 is 2.24 bits per heavy atom. The van der Waals surface area contributed by atoms with Crippen molar-refractivity contribution >= 4 is 11.6 Å². The molecule has 1 N–H and O–H groups in total. The molecule has 0 radical (unpaired) electrons. The molecule has 0 aliphatic carbocycles. The van der Waals surface area contributed by atoms with Crippen LogP contribution in [0.1, 0.15) is 23.2 Å². The maximum Gasteiger partial charge on any atom is 0.240 e. The molecule has 4 nitrogen and oxygen atoms in total. The molecule has 1 amide bonds. The fraction of sp³-hybridized carbons (Fsp3) is 0.0952. The van der Waals surface area contributed by atoms with Crippen LogP contribution in [0, 0.1) is 0 Å². The second-order valence-corrected chi connectivity index (χ2v) is 5.56. The Morgan fingerprint density at radius 1 is 0.880 bits per heavy atom. The summed E-state index contributed by atoms with van der Waals surface area (Å²) < 4.78 is 0. The molecule has 0 unspecified atom stereocenters. The topological polar surface area (TPSA) is 54.4 Å². The quantitative estimate of drug-likeness (QED) is 0.555. The van der Waals surface area contributed by atoms with Crippen molar-refractivity contribution in [2.75, 3.05) is 0 Å². The Kier molecular flexibility index (Phi) is 5.67. The first-order chi connectivity index (χ1) is 12.3. The van der Waals surface area contributed by atoms with Crippen molar-refractivity contribution in [3.05, 3.63) is 102 Å². The van der Waals surface area contributed by atoms with Gasteiger partial charge in [0.15, 0.2) is 0 Å². The Bertz CT molecular complexity index is 789. The van der Waals surface area contributed by atoms with Gasteiger partial charge in [-0.05, 0) is 24.1 Å². The number of hydrogen-bond acceptors (Lipinski definition) is 3. The van der Waals surface area contributed by atoms with Gasteiger partial charge in [-0.1, -0.05) is 66.7 Å². The number of aromatic nitrogens is 1. The third-order valence-corrected chi connectivity index (χ3v) is 3.73. The van der Waals surface area contributed by atoms with Crippen LogP contribution < -0.4 is 5.43 Å². The van der Waals surface area contributed by atoms with Crippen LogP contribution in [0.4, 0.5) is 0 Å². The van der Waals surface area contributed by atoms with E-state index < -0.39 is 0 Å². The zero-order valence-corrected chi connectivity index (χ0v) is 13.8. The van der Waals surface area contributed by atoms with Crippen LogP contribution in [-0.2, 0) is 11.2 Å². The molecule has 3 rings (SSSR count). The molecule has 4 heteroatoms. The van der Waals surface area contributed by atoms with E-state index in [-0.39, 0.29) is 5.91 Å². The molecule has 0 spiro atoms. The predicted molar refractivity (Wildman–Crippen MR) is 99.2 cm³/mol. The average Bonchev–Trinajstić information content (AvgIpc) is 2.69. The van der Waals surface area contributed by atoms with Crippen molar-refractivity contribution in [3.63, 3.8) is 0 Å². The van der Waals surface area contributed by atoms with Crippen LogP contribution in [0.3, 0.4) is 0 Å². The highest BCUT2D eigenvalue weighted by atomic mass is 16.2. The molecule has 1 heterocycles. The summed E-state index contributed by atoms with van der Waals surface area (Å²) in [4.78, 5) is 16.5. The van der Waals surface area contributed by atoms with E-state index in [1.807, 2.05) is 78.9 Å². The van der Waals surface area contributed by atoms with Gasteiger partial charge in [0.05, 0.1) is 5.69 Å². The van der Waals surface area contributed by atoms with Gasteiger partial charge >= 0.3 is 0 Å². The minimum atomic E-state index is -0.117. The summed E-state index contributed by atoms with van der Waals surface area (Å²) in [6.45, 7) is 0. The number of benzene rings is 2. The molecular formula is C21H19N3O. The number of rotatable bonds is 6. The Labute approximate surface area is 147 Å². The molecule has 0 bridgehead atoms. The van der Waals surface area contributed by atoms with Crippen LogP contribution in [0.15, 0.2) is 90.2 Å². The number of nitrogens with one attached hydrogen (secondary N) is 1. The number of carbonyl (C=O) groups is 1. The van der Waals surface area contributed by atoms with Gasteiger partial charge in [-0.3, -0.25) is 9.78 Å². The van der Waals surface area contributed by atoms with Crippen molar-refractivity contribution in [2.45, 2.75) is 12.8 Å². The van der Waals surface area contributed by atoms with Crippen molar-refractivity contribution in [1.82, 2.24) is 10.4 Å². The van der Waals surface area contributed by atoms with Crippen molar-refractivity contribution in [1.29, 1.82) is 0 Å². The van der Waals surface area contributed by atoms with Gasteiger partial charge in [0.25, 0.3) is 0 Å². The largest absolute Gasteiger partial charge is 0.273 e. The van der Waals surface area contributed by atoms with E-state index in [0.29, 0.717) is 18.6 Å². The number of nitrogens with zero attached hydrogens (tertiary/aromatic N) is 2. The average molecular weight is 329 g/mol. The molecule has 0 saturated heterocycles. The number of hydrazone groups is 1. The van der Waals surface area contributed by atoms with E-state index in [1.165, 1.54) is 0 Å². The van der Waals surface area contributed by atoms with E-state index in [4.69, 9.17) is 0 Å². The fourth-order valence-corrected chi connectivity index (χ4v) is 2.45. The summed E-state index contributed by atoms with van der Waals surface area (Å²) in [7, 11) is 0. The molecule has 0 aliphatic rings. The van der Waals surface area contributed by atoms with E-state index in [0.717, 1.165) is 16.8 Å². The monoisotopic (exact) mass is 329 g/mol. The van der Waals surface area contributed by atoms with E-state index in [2.05, 4.69) is 15.5 Å². The molecular weight excluding hydrogens is 310 g/mol. The first kappa shape index (κ1) is 16.6. The first-order valence-corrected chi connectivity index (χ1v) is 8.20. The zero-order chi connectivity index (χ0) is 17.3. The molecule has 0 atom stereocenters. The zero-order valence-electron chi connectivity index (χ0n) is 13.8. The van der Waals surface area contributed by atoms with E-state index >= 15 is 0 Å². The minimum Gasteiger partial charge on any atom is -0.273 e. The minimum absolute atomic E-state index is 0.117. The molecule has 124 valence electrons. The Balaban J connectivity index is 1.72. The summed E-state index contributed by atoms with van der Waals surface area (Å²) in [6, 6.07) is 25.3. The molecule has 0 aliphatic heterocycles. The lowest BCUT2D eigenvalue weighted by Crippen LogP contribution is -2.21. The highest BCUT2D eigenvalue weighted by Crippen LogP contribution is 2.08. The maximum atomic E-state index is 12.1. The summed E-state index contributed by atoms with van der Waals surface area (Å²) in [6.07, 6.45) is 2.79. The summed E-state index contributed by atoms with van der Waals surface area (Å²) >= 11 is 0. The standard InChI is InChI=1S/C21H19N3O/c25-20(15-14-17-9-3-1-4-10-17)23-24-21(18-11-5-2-6-12-18)19-13-7-8-16-22-19/h1-13,16H,14-15H2,(H,23,25). The molecule has 0 fully saturated rings. The van der Waals surface area contributed by atoms with Gasteiger partial charge in [0, 0.05) is 18.2 Å². The van der Waals surface area contributed by atoms with Crippen LogP contribution >= 0.6 is 0 Å². The first-order valence-electron chi connectivity index (χ1n) is 8.20. The number of aryl methyl sites for hydroxylation is 1. The smallest absolute Gasteiger partial charge is 0.240 e. The number of amides is 1. The van der Waals surface area contributed by atoms with Gasteiger partial charge in [0.1, 0.15) is 5.71 Å². The van der Waals surface area contributed by atoms with Crippen LogP contribution in [0.2, 0.25) is 0 Å². The summed E-state index contributed by atoms with van der Waals surface area (Å²) in [5.74, 6) is -0.117. The van der Waals surface area contributed by atoms with Gasteiger partial charge < -0.3 is 0 Å². The number of carbonyl (C=O) groups excluding carboxylic acids is 1. The highest BCUT2D eigenvalue weighted by molar-refractivity contribution is 6.11. The van der Waals surface area contributed by atoms with Crippen LogP contribution in [0.25, 0.3) is 0 Å². The highest BCUT2D eigenvalue weighted by Gasteiger charge is 2.09. The lowest BCUT2D eigenvalue weighted by Gasteiger charge is -2.07. The fourth-order valence-electron chi connectivity index (χ4n) is 2.45. The predicted octanol–water partition coefficient (Wildman–Crippen LogP) is 3.58. The number of pyridine rings is 1. The molecule has 2 aromatic carbocycles. The lowest BCUT2D eigenvalue weighted by molar-refractivity contribution is -0.121. The van der Waals surface area contributed by atoms with Gasteiger partial charge in [-0.25, -0.2) is 5.43 Å². The molecule has 1 aromatic heterocycles. The third-order valence-electron chi connectivity index (χ3n) is 3.73. The summed E-state index contributed by atoms with van der Waals surface area (Å²) in [5.41, 5.74) is 6.07. The molecule has 0 saturated carbocycles. The van der Waals surface area contributed by atoms with Crippen molar-refractivity contribution in [2.24, 2.45) is 5.10 Å². The third kappa shape index (κ3) is 4.85. The van der Waals surface area contributed by atoms with Crippen LogP contribution in [0.5, 0.6) is 0 Å². The van der Waals surface area contributed by atoms with E-state index in [9.17, 15) is 4.79 Å². The molecule has 25 heavy (non-hydrogen) atoms. The second-order valence-electron chi connectivity index (χ2n) is 5.56. The molecule has 3 aromatic rings. The van der Waals surface area contributed by atoms with Gasteiger partial charge in [0.2, 0.25) is 5.91 Å². The van der Waals surface area contributed by atoms with Gasteiger partial charge in [-0.2, -0.15) is 5.10 Å². The normalized spacial score (nSPS) is 11.1.